The van der Waals surface area contributed by atoms with Crippen LogP contribution >= 0.6 is 11.8 Å². The maximum atomic E-state index is 5.74. The Kier molecular flexibility index (Phi) is 4.98. The Morgan fingerprint density at radius 3 is 2.79 bits per heavy atom. The van der Waals surface area contributed by atoms with E-state index in [0.29, 0.717) is 0 Å². The molecule has 0 spiro atoms. The van der Waals surface area contributed by atoms with Crippen molar-refractivity contribution in [3.8, 4) is 0 Å². The summed E-state index contributed by atoms with van der Waals surface area (Å²) in [7, 11) is 0. The molecule has 0 radical (unpaired) electrons. The molecule has 1 heterocycles. The van der Waals surface area contributed by atoms with Gasteiger partial charge in [0.1, 0.15) is 0 Å². The summed E-state index contributed by atoms with van der Waals surface area (Å²) in [5.41, 5.74) is 6.84. The summed E-state index contributed by atoms with van der Waals surface area (Å²) in [6.07, 6.45) is 4.37. The zero-order chi connectivity index (χ0) is 10.4. The van der Waals surface area contributed by atoms with Crippen LogP contribution in [-0.2, 0) is 0 Å². The van der Waals surface area contributed by atoms with Gasteiger partial charge in [-0.05, 0) is 30.7 Å². The molecule has 1 atom stereocenters. The van der Waals surface area contributed by atoms with Gasteiger partial charge in [-0.1, -0.05) is 19.4 Å². The van der Waals surface area contributed by atoms with Crippen LogP contribution in [0.2, 0.25) is 0 Å². The van der Waals surface area contributed by atoms with E-state index in [2.05, 4.69) is 24.0 Å². The van der Waals surface area contributed by atoms with Crippen molar-refractivity contribution in [3.05, 3.63) is 23.9 Å². The van der Waals surface area contributed by atoms with Gasteiger partial charge in [0.2, 0.25) is 0 Å². The SMILES string of the molecule is CCCCSc1ccc([C@H](C)N)cn1. The summed E-state index contributed by atoms with van der Waals surface area (Å²) in [6.45, 7) is 4.17. The van der Waals surface area contributed by atoms with Crippen LogP contribution in [0, 0.1) is 0 Å². The molecule has 3 heteroatoms. The summed E-state index contributed by atoms with van der Waals surface area (Å²) in [5, 5.41) is 1.10. The van der Waals surface area contributed by atoms with E-state index in [-0.39, 0.29) is 6.04 Å². The third-order valence-electron chi connectivity index (χ3n) is 2.03. The highest BCUT2D eigenvalue weighted by molar-refractivity contribution is 7.99. The van der Waals surface area contributed by atoms with Crippen molar-refractivity contribution < 1.29 is 0 Å². The second-order valence-corrected chi connectivity index (χ2v) is 4.54. The van der Waals surface area contributed by atoms with Crippen molar-refractivity contribution in [2.24, 2.45) is 5.73 Å². The topological polar surface area (TPSA) is 38.9 Å². The Bertz CT molecular complexity index is 256. The van der Waals surface area contributed by atoms with Gasteiger partial charge in [-0.2, -0.15) is 0 Å². The van der Waals surface area contributed by atoms with Crippen LogP contribution in [0.25, 0.3) is 0 Å². The fraction of sp³-hybridized carbons (Fsp3) is 0.545. The van der Waals surface area contributed by atoms with Gasteiger partial charge in [0.15, 0.2) is 0 Å². The predicted octanol–water partition coefficient (Wildman–Crippen LogP) is 2.99. The minimum Gasteiger partial charge on any atom is -0.324 e. The van der Waals surface area contributed by atoms with Gasteiger partial charge in [-0.3, -0.25) is 0 Å². The Morgan fingerprint density at radius 1 is 1.50 bits per heavy atom. The van der Waals surface area contributed by atoms with Gasteiger partial charge in [-0.25, -0.2) is 4.98 Å². The molecule has 0 aliphatic carbocycles. The van der Waals surface area contributed by atoms with Crippen LogP contribution in [0.1, 0.15) is 38.3 Å². The molecule has 2 nitrogen and oxygen atoms in total. The van der Waals surface area contributed by atoms with Crippen LogP contribution < -0.4 is 5.73 Å². The summed E-state index contributed by atoms with van der Waals surface area (Å²) >= 11 is 1.81. The number of aromatic nitrogens is 1. The number of hydrogen-bond donors (Lipinski definition) is 1. The Labute approximate surface area is 90.3 Å². The Hall–Kier alpha value is -0.540. The number of thioether (sulfide) groups is 1. The van der Waals surface area contributed by atoms with E-state index in [1.165, 1.54) is 12.8 Å². The van der Waals surface area contributed by atoms with Crippen molar-refractivity contribution >= 4 is 11.8 Å². The third-order valence-corrected chi connectivity index (χ3v) is 3.06. The Morgan fingerprint density at radius 2 is 2.29 bits per heavy atom. The van der Waals surface area contributed by atoms with Gasteiger partial charge >= 0.3 is 0 Å². The highest BCUT2D eigenvalue weighted by atomic mass is 32.2. The van der Waals surface area contributed by atoms with Crippen molar-refractivity contribution in [1.29, 1.82) is 0 Å². The molecule has 0 fully saturated rings. The number of nitrogens with zero attached hydrogens (tertiary/aromatic N) is 1. The first kappa shape index (κ1) is 11.5. The van der Waals surface area contributed by atoms with E-state index in [0.717, 1.165) is 16.3 Å². The van der Waals surface area contributed by atoms with Crippen molar-refractivity contribution in [2.45, 2.75) is 37.8 Å². The van der Waals surface area contributed by atoms with Gasteiger partial charge in [0.05, 0.1) is 5.03 Å². The second-order valence-electron chi connectivity index (χ2n) is 3.42. The van der Waals surface area contributed by atoms with E-state index >= 15 is 0 Å². The fourth-order valence-electron chi connectivity index (χ4n) is 1.07. The van der Waals surface area contributed by atoms with Gasteiger partial charge < -0.3 is 5.73 Å². The minimum atomic E-state index is 0.0807. The number of rotatable bonds is 5. The molecular formula is C11H18N2S. The van der Waals surface area contributed by atoms with Gasteiger partial charge in [0.25, 0.3) is 0 Å². The molecule has 0 amide bonds. The molecule has 0 unspecified atom stereocenters. The highest BCUT2D eigenvalue weighted by Gasteiger charge is 2.00. The second kappa shape index (κ2) is 6.04. The fourth-order valence-corrected chi connectivity index (χ4v) is 2.00. The molecule has 2 N–H and O–H groups in total. The van der Waals surface area contributed by atoms with E-state index in [9.17, 15) is 0 Å². The predicted molar refractivity (Wildman–Crippen MR) is 62.5 cm³/mol. The lowest BCUT2D eigenvalue weighted by molar-refractivity contribution is 0.806. The first-order chi connectivity index (χ1) is 6.74. The molecule has 78 valence electrons. The molecular weight excluding hydrogens is 192 g/mol. The first-order valence-corrected chi connectivity index (χ1v) is 6.07. The van der Waals surface area contributed by atoms with Gasteiger partial charge in [0, 0.05) is 12.2 Å². The Balaban J connectivity index is 2.47. The number of unbranched alkanes of at least 4 members (excludes halogenated alkanes) is 1. The van der Waals surface area contributed by atoms with E-state index in [1.807, 2.05) is 24.9 Å². The minimum absolute atomic E-state index is 0.0807. The maximum absolute atomic E-state index is 5.74. The number of pyridine rings is 1. The van der Waals surface area contributed by atoms with E-state index in [4.69, 9.17) is 5.73 Å². The van der Waals surface area contributed by atoms with Crippen molar-refractivity contribution in [1.82, 2.24) is 4.98 Å². The maximum Gasteiger partial charge on any atom is 0.0960 e. The number of nitrogens with two attached hydrogens (primary N) is 1. The quantitative estimate of drug-likeness (QED) is 0.600. The summed E-state index contributed by atoms with van der Waals surface area (Å²) in [4.78, 5) is 4.35. The zero-order valence-electron chi connectivity index (χ0n) is 8.86. The van der Waals surface area contributed by atoms with Crippen LogP contribution in [-0.4, -0.2) is 10.7 Å². The average molecular weight is 210 g/mol. The smallest absolute Gasteiger partial charge is 0.0960 e. The molecule has 0 saturated heterocycles. The lowest BCUT2D eigenvalue weighted by Gasteiger charge is -2.05. The molecule has 1 rings (SSSR count). The molecule has 0 bridgehead atoms. The summed E-state index contributed by atoms with van der Waals surface area (Å²) in [6, 6.07) is 4.20. The zero-order valence-corrected chi connectivity index (χ0v) is 9.68. The van der Waals surface area contributed by atoms with E-state index in [1.54, 1.807) is 0 Å². The normalized spacial score (nSPS) is 12.8. The van der Waals surface area contributed by atoms with Crippen LogP contribution in [0.4, 0.5) is 0 Å². The summed E-state index contributed by atoms with van der Waals surface area (Å²) < 4.78 is 0. The van der Waals surface area contributed by atoms with Crippen molar-refractivity contribution in [3.63, 3.8) is 0 Å². The van der Waals surface area contributed by atoms with Crippen LogP contribution in [0.3, 0.4) is 0 Å². The molecule has 0 saturated carbocycles. The number of hydrogen-bond acceptors (Lipinski definition) is 3. The largest absolute Gasteiger partial charge is 0.324 e. The summed E-state index contributed by atoms with van der Waals surface area (Å²) in [5.74, 6) is 1.15. The van der Waals surface area contributed by atoms with Crippen LogP contribution in [0.15, 0.2) is 23.4 Å². The monoisotopic (exact) mass is 210 g/mol. The van der Waals surface area contributed by atoms with E-state index < -0.39 is 0 Å². The lowest BCUT2D eigenvalue weighted by atomic mass is 10.2. The molecule has 1 aromatic rings. The van der Waals surface area contributed by atoms with Gasteiger partial charge in [-0.15, -0.1) is 11.8 Å². The van der Waals surface area contributed by atoms with Crippen molar-refractivity contribution in [2.75, 3.05) is 5.75 Å². The molecule has 0 aliphatic rings. The third kappa shape index (κ3) is 3.68. The lowest BCUT2D eigenvalue weighted by Crippen LogP contribution is -2.05. The standard InChI is InChI=1S/C11H18N2S/c1-3-4-7-14-11-6-5-10(8-13-11)9(2)12/h5-6,8-9H,3-4,7,12H2,1-2H3/t9-/m0/s1. The highest BCUT2D eigenvalue weighted by Crippen LogP contribution is 2.18. The first-order valence-electron chi connectivity index (χ1n) is 5.08. The molecule has 1 aromatic heterocycles. The molecule has 0 aromatic carbocycles. The molecule has 14 heavy (non-hydrogen) atoms. The average Bonchev–Trinajstić information content (AvgIpc) is 2.19. The van der Waals surface area contributed by atoms with Crippen LogP contribution in [0.5, 0.6) is 0 Å². The molecule has 0 aliphatic heterocycles.